The lowest BCUT2D eigenvalue weighted by Gasteiger charge is -2.30. The van der Waals surface area contributed by atoms with E-state index in [0.717, 1.165) is 28.1 Å². The molecule has 0 bridgehead atoms. The zero-order valence-corrected chi connectivity index (χ0v) is 22.8. The quantitative estimate of drug-likeness (QED) is 0.336. The Morgan fingerprint density at radius 3 is 1.53 bits per heavy atom. The summed E-state index contributed by atoms with van der Waals surface area (Å²) in [5.74, 6) is -2.16. The number of halogens is 1. The van der Waals surface area contributed by atoms with Crippen LogP contribution < -0.4 is 10.0 Å². The van der Waals surface area contributed by atoms with E-state index >= 15 is 0 Å². The topological polar surface area (TPSA) is 65.3 Å². The second-order valence-electron chi connectivity index (χ2n) is 9.86. The normalized spacial score (nSPS) is 20.1. The molecule has 0 radical (unpaired) electrons. The predicted molar refractivity (Wildman–Crippen MR) is 154 cm³/mol. The molecule has 0 saturated carbocycles. The average molecular weight is 527 g/mol. The Hall–Kier alpha value is -3.77. The van der Waals surface area contributed by atoms with Crippen LogP contribution in [-0.4, -0.2) is 23.2 Å². The second kappa shape index (κ2) is 10.5. The first-order valence-electron chi connectivity index (χ1n) is 13.0. The molecule has 3 aromatic rings. The van der Waals surface area contributed by atoms with Crippen LogP contribution in [0, 0.1) is 25.7 Å². The molecule has 7 heteroatoms. The summed E-state index contributed by atoms with van der Waals surface area (Å²) < 4.78 is 0. The van der Waals surface area contributed by atoms with Gasteiger partial charge in [-0.05, 0) is 62.6 Å². The van der Waals surface area contributed by atoms with E-state index in [1.807, 2.05) is 100 Å². The van der Waals surface area contributed by atoms with Gasteiger partial charge in [0.15, 0.2) is 0 Å². The molecule has 3 aromatic carbocycles. The number of nitrogens with zero attached hydrogens (tertiary/aromatic N) is 4. The molecule has 5 rings (SSSR count). The molecule has 38 heavy (non-hydrogen) atoms. The van der Waals surface area contributed by atoms with Crippen molar-refractivity contribution >= 4 is 46.2 Å². The third kappa shape index (κ3) is 4.54. The number of carbonyl (C=O) groups is 2. The summed E-state index contributed by atoms with van der Waals surface area (Å²) >= 11 is 6.77. The van der Waals surface area contributed by atoms with E-state index in [0.29, 0.717) is 29.2 Å². The highest BCUT2D eigenvalue weighted by Gasteiger charge is 2.51. The highest BCUT2D eigenvalue weighted by Crippen LogP contribution is 2.45. The van der Waals surface area contributed by atoms with Gasteiger partial charge in [0, 0.05) is 10.9 Å². The Morgan fingerprint density at radius 2 is 1.13 bits per heavy atom. The monoisotopic (exact) mass is 526 g/mol. The highest BCUT2D eigenvalue weighted by atomic mass is 35.5. The van der Waals surface area contributed by atoms with E-state index in [9.17, 15) is 9.59 Å². The molecule has 2 amide bonds. The lowest BCUT2D eigenvalue weighted by molar-refractivity contribution is -0.122. The summed E-state index contributed by atoms with van der Waals surface area (Å²) in [6, 6.07) is 22.9. The van der Waals surface area contributed by atoms with Crippen LogP contribution in [-0.2, 0) is 9.59 Å². The van der Waals surface area contributed by atoms with Crippen LogP contribution in [0.1, 0.15) is 49.3 Å². The van der Waals surface area contributed by atoms with Crippen LogP contribution in [0.3, 0.4) is 0 Å². The zero-order chi connectivity index (χ0) is 27.0. The molecule has 0 aromatic heterocycles. The molecule has 0 spiro atoms. The van der Waals surface area contributed by atoms with Crippen molar-refractivity contribution in [3.05, 3.63) is 94.5 Å². The van der Waals surface area contributed by atoms with Crippen molar-refractivity contribution < 1.29 is 9.59 Å². The second-order valence-corrected chi connectivity index (χ2v) is 10.3. The summed E-state index contributed by atoms with van der Waals surface area (Å²) in [4.78, 5) is 28.3. The maximum atomic E-state index is 14.1. The van der Waals surface area contributed by atoms with Gasteiger partial charge in [0.05, 0.1) is 34.6 Å². The number of benzene rings is 3. The van der Waals surface area contributed by atoms with Crippen molar-refractivity contribution in [2.45, 2.75) is 46.5 Å². The summed E-state index contributed by atoms with van der Waals surface area (Å²) in [5, 5.41) is 13.0. The van der Waals surface area contributed by atoms with Crippen molar-refractivity contribution in [1.29, 1.82) is 0 Å². The maximum absolute atomic E-state index is 14.1. The molecular weight excluding hydrogens is 496 g/mol. The van der Waals surface area contributed by atoms with Gasteiger partial charge in [-0.1, -0.05) is 79.0 Å². The van der Waals surface area contributed by atoms with E-state index < -0.39 is 17.8 Å². The molecule has 0 saturated heterocycles. The Morgan fingerprint density at radius 1 is 0.711 bits per heavy atom. The third-order valence-electron chi connectivity index (χ3n) is 7.39. The van der Waals surface area contributed by atoms with Crippen molar-refractivity contribution in [1.82, 2.24) is 0 Å². The molecule has 2 aliphatic rings. The minimum atomic E-state index is -0.648. The first-order chi connectivity index (χ1) is 18.3. The van der Waals surface area contributed by atoms with Gasteiger partial charge in [-0.3, -0.25) is 9.59 Å². The average Bonchev–Trinajstić information content (AvgIpc) is 3.43. The van der Waals surface area contributed by atoms with Crippen LogP contribution in [0.25, 0.3) is 0 Å². The van der Waals surface area contributed by atoms with Crippen LogP contribution in [0.2, 0.25) is 5.02 Å². The van der Waals surface area contributed by atoms with Gasteiger partial charge in [0.25, 0.3) is 11.8 Å². The first kappa shape index (κ1) is 25.9. The number of amides is 2. The highest BCUT2D eigenvalue weighted by molar-refractivity contribution is 6.32. The van der Waals surface area contributed by atoms with Gasteiger partial charge in [0.1, 0.15) is 0 Å². The molecule has 2 heterocycles. The number of anilines is 2. The number of rotatable bonds is 7. The standard InChI is InChI=1S/C31H31ClN4O2/c1-5-25-28(30(37)35(33-25)21-15-11-19(3)12-16-21)27(23-9-7-8-10-24(23)32)29-26(6-2)34-36(31(29)38)22-17-13-20(4)14-18-22/h7-18,27-29H,5-6H2,1-4H3. The molecule has 0 N–H and O–H groups in total. The van der Waals surface area contributed by atoms with E-state index in [4.69, 9.17) is 21.8 Å². The van der Waals surface area contributed by atoms with Gasteiger partial charge in [-0.15, -0.1) is 0 Å². The fraction of sp³-hybridized carbons (Fsp3) is 0.290. The lowest BCUT2D eigenvalue weighted by atomic mass is 9.71. The number of hydrogen-bond donors (Lipinski definition) is 0. The summed E-state index contributed by atoms with van der Waals surface area (Å²) in [7, 11) is 0. The molecule has 0 aliphatic carbocycles. The zero-order valence-electron chi connectivity index (χ0n) is 22.1. The van der Waals surface area contributed by atoms with Crippen molar-refractivity contribution in [3.8, 4) is 0 Å². The summed E-state index contributed by atoms with van der Waals surface area (Å²) in [5.41, 5.74) is 5.83. The van der Waals surface area contributed by atoms with Gasteiger partial charge >= 0.3 is 0 Å². The molecule has 2 unspecified atom stereocenters. The number of carbonyl (C=O) groups excluding carboxylic acids is 2. The fourth-order valence-corrected chi connectivity index (χ4v) is 5.63. The van der Waals surface area contributed by atoms with Crippen LogP contribution in [0.4, 0.5) is 11.4 Å². The number of hydrogen-bond acceptors (Lipinski definition) is 4. The minimum Gasteiger partial charge on any atom is -0.272 e. The van der Waals surface area contributed by atoms with Crippen molar-refractivity contribution in [2.24, 2.45) is 22.0 Å². The van der Waals surface area contributed by atoms with Crippen LogP contribution in [0.5, 0.6) is 0 Å². The van der Waals surface area contributed by atoms with Crippen LogP contribution in [0.15, 0.2) is 83.0 Å². The summed E-state index contributed by atoms with van der Waals surface area (Å²) in [6.07, 6.45) is 1.14. The smallest absolute Gasteiger partial charge is 0.256 e. The minimum absolute atomic E-state index is 0.160. The number of hydrazone groups is 2. The first-order valence-corrected chi connectivity index (χ1v) is 13.4. The van der Waals surface area contributed by atoms with Gasteiger partial charge in [-0.2, -0.15) is 10.2 Å². The maximum Gasteiger partial charge on any atom is 0.256 e. The predicted octanol–water partition coefficient (Wildman–Crippen LogP) is 6.90. The molecule has 0 fully saturated rings. The van der Waals surface area contributed by atoms with Crippen LogP contribution >= 0.6 is 11.6 Å². The molecule has 194 valence electrons. The molecular formula is C31H31ClN4O2. The van der Waals surface area contributed by atoms with Gasteiger partial charge in [-0.25, -0.2) is 10.0 Å². The number of aryl methyl sites for hydroxylation is 2. The van der Waals surface area contributed by atoms with Gasteiger partial charge in [0.2, 0.25) is 0 Å². The molecule has 2 aliphatic heterocycles. The molecule has 2 atom stereocenters. The van der Waals surface area contributed by atoms with Crippen molar-refractivity contribution in [2.75, 3.05) is 10.0 Å². The fourth-order valence-electron chi connectivity index (χ4n) is 5.37. The Kier molecular flexibility index (Phi) is 7.17. The molecule has 6 nitrogen and oxygen atoms in total. The van der Waals surface area contributed by atoms with E-state index in [1.54, 1.807) is 0 Å². The van der Waals surface area contributed by atoms with Gasteiger partial charge < -0.3 is 0 Å². The largest absolute Gasteiger partial charge is 0.272 e. The lowest BCUT2D eigenvalue weighted by Crippen LogP contribution is -2.41. The van der Waals surface area contributed by atoms with Crippen molar-refractivity contribution in [3.63, 3.8) is 0 Å². The van der Waals surface area contributed by atoms with E-state index in [1.165, 1.54) is 10.0 Å². The Bertz CT molecular complexity index is 1340. The van der Waals surface area contributed by atoms with E-state index in [2.05, 4.69) is 0 Å². The Labute approximate surface area is 228 Å². The van der Waals surface area contributed by atoms with E-state index in [-0.39, 0.29) is 11.8 Å². The Balaban J connectivity index is 1.62. The SMILES string of the molecule is CCC1=NN(c2ccc(C)cc2)C(=O)C1C(c1ccccc1Cl)C1C(=O)N(c2ccc(C)cc2)N=C1CC. The summed E-state index contributed by atoms with van der Waals surface area (Å²) in [6.45, 7) is 7.99. The third-order valence-corrected chi connectivity index (χ3v) is 7.73.